The SMILES string of the molecule is CC(C)(C)NS(=O)(=O)c1ccc(Oc2ccc3ccc(=O)oc3c2)c([N+](=O)[O-])c1. The van der Waals surface area contributed by atoms with Crippen molar-refractivity contribution >= 4 is 26.7 Å². The lowest BCUT2D eigenvalue weighted by Gasteiger charge is -2.20. The number of hydrogen-bond acceptors (Lipinski definition) is 7. The summed E-state index contributed by atoms with van der Waals surface area (Å²) < 4.78 is 38.0. The number of benzene rings is 2. The Balaban J connectivity index is 2.00. The van der Waals surface area contributed by atoms with Crippen LogP contribution in [0, 0.1) is 10.1 Å². The van der Waals surface area contributed by atoms with Gasteiger partial charge in [-0.2, -0.15) is 0 Å². The van der Waals surface area contributed by atoms with E-state index in [1.165, 1.54) is 24.3 Å². The van der Waals surface area contributed by atoms with Gasteiger partial charge >= 0.3 is 11.3 Å². The number of hydrogen-bond donors (Lipinski definition) is 1. The fourth-order valence-electron chi connectivity index (χ4n) is 2.59. The fourth-order valence-corrected chi connectivity index (χ4v) is 4.02. The molecule has 10 heteroatoms. The minimum absolute atomic E-state index is 0.151. The smallest absolute Gasteiger partial charge is 0.336 e. The van der Waals surface area contributed by atoms with Crippen LogP contribution in [0.25, 0.3) is 11.0 Å². The quantitative estimate of drug-likeness (QED) is 0.381. The molecule has 3 aromatic rings. The van der Waals surface area contributed by atoms with Crippen LogP contribution in [0.5, 0.6) is 11.5 Å². The van der Waals surface area contributed by atoms with Crippen LogP contribution in [0.3, 0.4) is 0 Å². The van der Waals surface area contributed by atoms with Gasteiger partial charge < -0.3 is 9.15 Å². The van der Waals surface area contributed by atoms with Gasteiger partial charge in [0.2, 0.25) is 15.8 Å². The summed E-state index contributed by atoms with van der Waals surface area (Å²) in [6, 6.07) is 10.8. The Labute approximate surface area is 166 Å². The molecule has 0 amide bonds. The van der Waals surface area contributed by atoms with Gasteiger partial charge in [-0.25, -0.2) is 17.9 Å². The van der Waals surface area contributed by atoms with E-state index < -0.39 is 31.8 Å². The van der Waals surface area contributed by atoms with Crippen molar-refractivity contribution in [1.82, 2.24) is 4.72 Å². The standard InChI is InChI=1S/C19H18N2O7S/c1-19(2,3)20-29(25,26)14-7-8-16(15(11-14)21(23)24)27-13-6-4-12-5-9-18(22)28-17(12)10-13/h4-11,20H,1-3H3. The normalized spacial score (nSPS) is 12.1. The summed E-state index contributed by atoms with van der Waals surface area (Å²) in [5.41, 5.74) is -1.55. The first-order valence-electron chi connectivity index (χ1n) is 8.49. The molecular formula is C19H18N2O7S. The van der Waals surface area contributed by atoms with Crippen LogP contribution in [0.2, 0.25) is 0 Å². The van der Waals surface area contributed by atoms with E-state index in [0.717, 1.165) is 6.07 Å². The maximum absolute atomic E-state index is 12.5. The summed E-state index contributed by atoms with van der Waals surface area (Å²) in [5, 5.41) is 12.1. The summed E-state index contributed by atoms with van der Waals surface area (Å²) in [7, 11) is -3.96. The van der Waals surface area contributed by atoms with Crippen molar-refractivity contribution < 1.29 is 22.5 Å². The predicted octanol–water partition coefficient (Wildman–Crippen LogP) is 3.57. The molecule has 0 aliphatic carbocycles. The third-order valence-corrected chi connectivity index (χ3v) is 5.46. The second kappa shape index (κ2) is 7.30. The average Bonchev–Trinajstić information content (AvgIpc) is 2.59. The number of sulfonamides is 1. The molecule has 2 aromatic carbocycles. The van der Waals surface area contributed by atoms with Crippen LogP contribution in [-0.2, 0) is 10.0 Å². The highest BCUT2D eigenvalue weighted by molar-refractivity contribution is 7.89. The molecule has 0 aliphatic rings. The maximum atomic E-state index is 12.5. The highest BCUT2D eigenvalue weighted by Crippen LogP contribution is 2.34. The summed E-state index contributed by atoms with van der Waals surface area (Å²) in [4.78, 5) is 21.9. The molecule has 9 nitrogen and oxygen atoms in total. The van der Waals surface area contributed by atoms with Gasteiger partial charge in [-0.1, -0.05) is 0 Å². The van der Waals surface area contributed by atoms with E-state index >= 15 is 0 Å². The van der Waals surface area contributed by atoms with E-state index in [1.54, 1.807) is 39.0 Å². The summed E-state index contributed by atoms with van der Waals surface area (Å²) in [6.07, 6.45) is 0. The second-order valence-electron chi connectivity index (χ2n) is 7.30. The lowest BCUT2D eigenvalue weighted by atomic mass is 10.1. The molecule has 0 saturated heterocycles. The third kappa shape index (κ3) is 4.79. The molecule has 0 bridgehead atoms. The topological polar surface area (TPSA) is 129 Å². The van der Waals surface area contributed by atoms with Crippen LogP contribution in [0.1, 0.15) is 20.8 Å². The number of nitro groups is 1. The lowest BCUT2D eigenvalue weighted by Crippen LogP contribution is -2.40. The van der Waals surface area contributed by atoms with Gasteiger partial charge in [0, 0.05) is 29.1 Å². The molecule has 0 spiro atoms. The van der Waals surface area contributed by atoms with Crippen molar-refractivity contribution in [3.63, 3.8) is 0 Å². The first-order chi connectivity index (χ1) is 13.4. The predicted molar refractivity (Wildman–Crippen MR) is 106 cm³/mol. The van der Waals surface area contributed by atoms with Gasteiger partial charge in [-0.05, 0) is 51.1 Å². The maximum Gasteiger partial charge on any atom is 0.336 e. The largest absolute Gasteiger partial charge is 0.450 e. The van der Waals surface area contributed by atoms with E-state index in [4.69, 9.17) is 9.15 Å². The average molecular weight is 418 g/mol. The second-order valence-corrected chi connectivity index (χ2v) is 8.98. The van der Waals surface area contributed by atoms with Crippen molar-refractivity contribution in [3.05, 3.63) is 69.1 Å². The number of fused-ring (bicyclic) bond motifs is 1. The highest BCUT2D eigenvalue weighted by atomic mass is 32.2. The van der Waals surface area contributed by atoms with Crippen LogP contribution in [0.4, 0.5) is 5.69 Å². The van der Waals surface area contributed by atoms with Crippen molar-refractivity contribution in [2.45, 2.75) is 31.2 Å². The minimum Gasteiger partial charge on any atom is -0.450 e. The summed E-state index contributed by atoms with van der Waals surface area (Å²) >= 11 is 0. The first-order valence-corrected chi connectivity index (χ1v) is 9.97. The molecular weight excluding hydrogens is 400 g/mol. The number of nitro benzene ring substituents is 1. The van der Waals surface area contributed by atoms with Crippen LogP contribution < -0.4 is 15.1 Å². The van der Waals surface area contributed by atoms with E-state index in [1.807, 2.05) is 0 Å². The molecule has 0 unspecified atom stereocenters. The molecule has 0 radical (unpaired) electrons. The van der Waals surface area contributed by atoms with E-state index in [0.29, 0.717) is 5.39 Å². The van der Waals surface area contributed by atoms with Crippen molar-refractivity contribution in [2.24, 2.45) is 0 Å². The van der Waals surface area contributed by atoms with E-state index in [-0.39, 0.29) is 22.0 Å². The van der Waals surface area contributed by atoms with Crippen LogP contribution in [0.15, 0.2) is 62.6 Å². The highest BCUT2D eigenvalue weighted by Gasteiger charge is 2.26. The Hall–Kier alpha value is -3.24. The zero-order valence-corrected chi connectivity index (χ0v) is 16.6. The van der Waals surface area contributed by atoms with Crippen LogP contribution >= 0.6 is 0 Å². The van der Waals surface area contributed by atoms with Crippen LogP contribution in [-0.4, -0.2) is 18.9 Å². The number of nitrogens with one attached hydrogen (secondary N) is 1. The molecule has 1 aromatic heterocycles. The molecule has 1 heterocycles. The lowest BCUT2D eigenvalue weighted by molar-refractivity contribution is -0.385. The molecule has 152 valence electrons. The van der Waals surface area contributed by atoms with Gasteiger partial charge in [0.1, 0.15) is 11.3 Å². The molecule has 0 atom stereocenters. The van der Waals surface area contributed by atoms with Crippen molar-refractivity contribution in [1.29, 1.82) is 0 Å². The third-order valence-electron chi connectivity index (χ3n) is 3.70. The van der Waals surface area contributed by atoms with Gasteiger partial charge in [-0.15, -0.1) is 0 Å². The zero-order valence-electron chi connectivity index (χ0n) is 15.8. The molecule has 0 saturated carbocycles. The first kappa shape index (κ1) is 20.5. The van der Waals surface area contributed by atoms with E-state index in [9.17, 15) is 23.3 Å². The molecule has 0 fully saturated rings. The van der Waals surface area contributed by atoms with Gasteiger partial charge in [0.15, 0.2) is 0 Å². The Morgan fingerprint density at radius 2 is 1.76 bits per heavy atom. The number of rotatable bonds is 5. The molecule has 29 heavy (non-hydrogen) atoms. The van der Waals surface area contributed by atoms with Gasteiger partial charge in [0.05, 0.1) is 9.82 Å². The number of ether oxygens (including phenoxy) is 1. The molecule has 1 N–H and O–H groups in total. The zero-order chi connectivity index (χ0) is 21.4. The molecule has 0 aliphatic heterocycles. The van der Waals surface area contributed by atoms with E-state index in [2.05, 4.69) is 4.72 Å². The fraction of sp³-hybridized carbons (Fsp3) is 0.211. The van der Waals surface area contributed by atoms with Crippen molar-refractivity contribution in [3.8, 4) is 11.5 Å². The van der Waals surface area contributed by atoms with Crippen molar-refractivity contribution in [2.75, 3.05) is 0 Å². The molecule has 3 rings (SSSR count). The Kier molecular flexibility index (Phi) is 5.16. The summed E-state index contributed by atoms with van der Waals surface area (Å²) in [6.45, 7) is 4.98. The van der Waals surface area contributed by atoms with Gasteiger partial charge in [-0.3, -0.25) is 10.1 Å². The Bertz CT molecular complexity index is 1260. The Morgan fingerprint density at radius 3 is 2.41 bits per heavy atom. The number of nitrogens with zero attached hydrogens (tertiary/aromatic N) is 1. The summed E-state index contributed by atoms with van der Waals surface area (Å²) in [5.74, 6) is 0.0423. The Morgan fingerprint density at radius 1 is 1.07 bits per heavy atom. The monoisotopic (exact) mass is 418 g/mol. The minimum atomic E-state index is -3.96. The van der Waals surface area contributed by atoms with Gasteiger partial charge in [0.25, 0.3) is 0 Å².